The van der Waals surface area contributed by atoms with E-state index in [4.69, 9.17) is 0 Å². The molecule has 1 fully saturated rings. The highest BCUT2D eigenvalue weighted by atomic mass is 32.1. The van der Waals surface area contributed by atoms with E-state index in [2.05, 4.69) is 53.2 Å². The van der Waals surface area contributed by atoms with Crippen LogP contribution in [0.5, 0.6) is 0 Å². The molecule has 100 valence electrons. The van der Waals surface area contributed by atoms with Crippen molar-refractivity contribution < 1.29 is 0 Å². The molecular weight excluding hydrogens is 250 g/mol. The van der Waals surface area contributed by atoms with Crippen LogP contribution in [0.25, 0.3) is 0 Å². The van der Waals surface area contributed by atoms with Crippen molar-refractivity contribution in [3.8, 4) is 0 Å². The molecule has 0 bridgehead atoms. The molecule has 1 unspecified atom stereocenters. The lowest BCUT2D eigenvalue weighted by Crippen LogP contribution is -2.26. The molecule has 0 spiro atoms. The van der Waals surface area contributed by atoms with E-state index < -0.39 is 0 Å². The molecule has 1 aromatic heterocycles. The lowest BCUT2D eigenvalue weighted by Gasteiger charge is -2.24. The fourth-order valence-electron chi connectivity index (χ4n) is 3.08. The average molecular weight is 271 g/mol. The van der Waals surface area contributed by atoms with Crippen molar-refractivity contribution in [2.75, 3.05) is 0 Å². The Morgan fingerprint density at radius 2 is 1.84 bits per heavy atom. The second kappa shape index (κ2) is 6.36. The average Bonchev–Trinajstić information content (AvgIpc) is 3.13. The van der Waals surface area contributed by atoms with E-state index in [0.29, 0.717) is 6.04 Å². The molecule has 1 aliphatic rings. The van der Waals surface area contributed by atoms with Gasteiger partial charge in [-0.15, -0.1) is 11.3 Å². The van der Waals surface area contributed by atoms with Crippen molar-refractivity contribution >= 4 is 11.3 Å². The van der Waals surface area contributed by atoms with Gasteiger partial charge in [-0.1, -0.05) is 49.2 Å². The van der Waals surface area contributed by atoms with E-state index in [1.165, 1.54) is 36.1 Å². The van der Waals surface area contributed by atoms with Crippen LogP contribution in [0.2, 0.25) is 0 Å². The van der Waals surface area contributed by atoms with Crippen molar-refractivity contribution in [3.05, 3.63) is 58.3 Å². The van der Waals surface area contributed by atoms with Gasteiger partial charge < -0.3 is 5.32 Å². The summed E-state index contributed by atoms with van der Waals surface area (Å²) in [6.45, 7) is 0.972. The third-order valence-electron chi connectivity index (χ3n) is 4.09. The summed E-state index contributed by atoms with van der Waals surface area (Å²) in [6, 6.07) is 15.7. The molecule has 0 aliphatic heterocycles. The fraction of sp³-hybridized carbons (Fsp3) is 0.412. The minimum atomic E-state index is 0.544. The molecule has 1 saturated carbocycles. The Morgan fingerprint density at radius 1 is 1.05 bits per heavy atom. The van der Waals surface area contributed by atoms with E-state index >= 15 is 0 Å². The van der Waals surface area contributed by atoms with Crippen LogP contribution in [0.1, 0.15) is 42.2 Å². The number of thiophene rings is 1. The van der Waals surface area contributed by atoms with Crippen molar-refractivity contribution in [3.63, 3.8) is 0 Å². The Balaban J connectivity index is 1.69. The molecule has 2 aromatic rings. The highest BCUT2D eigenvalue weighted by Crippen LogP contribution is 2.37. The maximum atomic E-state index is 3.79. The highest BCUT2D eigenvalue weighted by Gasteiger charge is 2.26. The third-order valence-corrected chi connectivity index (χ3v) is 5.05. The van der Waals surface area contributed by atoms with Crippen LogP contribution in [0.3, 0.4) is 0 Å². The van der Waals surface area contributed by atoms with Gasteiger partial charge in [0, 0.05) is 17.5 Å². The zero-order chi connectivity index (χ0) is 12.9. The zero-order valence-corrected chi connectivity index (χ0v) is 12.0. The molecule has 19 heavy (non-hydrogen) atoms. The van der Waals surface area contributed by atoms with Gasteiger partial charge in [0.05, 0.1) is 0 Å². The van der Waals surface area contributed by atoms with Crippen LogP contribution >= 0.6 is 11.3 Å². The molecule has 1 atom stereocenters. The van der Waals surface area contributed by atoms with Crippen molar-refractivity contribution in [1.82, 2.24) is 5.32 Å². The summed E-state index contributed by atoms with van der Waals surface area (Å²) in [4.78, 5) is 1.50. The second-order valence-corrected chi connectivity index (χ2v) is 6.38. The van der Waals surface area contributed by atoms with Crippen LogP contribution in [0.15, 0.2) is 47.8 Å². The summed E-state index contributed by atoms with van der Waals surface area (Å²) in [7, 11) is 0. The largest absolute Gasteiger partial charge is 0.305 e. The lowest BCUT2D eigenvalue weighted by molar-refractivity contribution is 0.371. The molecule has 1 aliphatic carbocycles. The van der Waals surface area contributed by atoms with Gasteiger partial charge in [-0.05, 0) is 35.8 Å². The minimum Gasteiger partial charge on any atom is -0.305 e. The predicted molar refractivity (Wildman–Crippen MR) is 82.3 cm³/mol. The molecule has 3 rings (SSSR count). The summed E-state index contributed by atoms with van der Waals surface area (Å²) in [5, 5.41) is 5.99. The second-order valence-electron chi connectivity index (χ2n) is 5.40. The molecular formula is C17H21NS. The molecule has 0 amide bonds. The first-order valence-corrected chi connectivity index (χ1v) is 8.12. The summed E-state index contributed by atoms with van der Waals surface area (Å²) in [5.74, 6) is 0.822. The van der Waals surface area contributed by atoms with E-state index in [1.807, 2.05) is 11.3 Å². The Hall–Kier alpha value is -1.12. The maximum Gasteiger partial charge on any atom is 0.0446 e. The SMILES string of the molecule is c1ccc(CNC(c2cccs2)C2CCCC2)cc1. The predicted octanol–water partition coefficient (Wildman–Crippen LogP) is 4.77. The van der Waals surface area contributed by atoms with Crippen LogP contribution < -0.4 is 5.32 Å². The Morgan fingerprint density at radius 3 is 2.53 bits per heavy atom. The fourth-order valence-corrected chi connectivity index (χ4v) is 3.98. The maximum absolute atomic E-state index is 3.79. The standard InChI is InChI=1S/C17H21NS/c1-2-7-14(8-3-1)13-18-17(15-9-4-5-10-15)16-11-6-12-19-16/h1-3,6-8,11-12,15,17-18H,4-5,9-10,13H2. The normalized spacial score (nSPS) is 17.7. The van der Waals surface area contributed by atoms with Gasteiger partial charge in [-0.2, -0.15) is 0 Å². The summed E-state index contributed by atoms with van der Waals surface area (Å²) in [5.41, 5.74) is 1.38. The molecule has 0 saturated heterocycles. The van der Waals surface area contributed by atoms with Gasteiger partial charge in [0.25, 0.3) is 0 Å². The highest BCUT2D eigenvalue weighted by molar-refractivity contribution is 7.10. The van der Waals surface area contributed by atoms with E-state index in [9.17, 15) is 0 Å². The summed E-state index contributed by atoms with van der Waals surface area (Å²) >= 11 is 1.89. The molecule has 1 N–H and O–H groups in total. The number of nitrogens with one attached hydrogen (secondary N) is 1. The van der Waals surface area contributed by atoms with E-state index in [-0.39, 0.29) is 0 Å². The van der Waals surface area contributed by atoms with Crippen molar-refractivity contribution in [1.29, 1.82) is 0 Å². The van der Waals surface area contributed by atoms with Gasteiger partial charge in [-0.3, -0.25) is 0 Å². The Bertz CT molecular complexity index is 471. The number of hydrogen-bond acceptors (Lipinski definition) is 2. The van der Waals surface area contributed by atoms with Crippen molar-refractivity contribution in [2.45, 2.75) is 38.3 Å². The smallest absolute Gasteiger partial charge is 0.0446 e. The van der Waals surface area contributed by atoms with Gasteiger partial charge in [0.1, 0.15) is 0 Å². The number of benzene rings is 1. The van der Waals surface area contributed by atoms with Gasteiger partial charge in [0.2, 0.25) is 0 Å². The summed E-state index contributed by atoms with van der Waals surface area (Å²) in [6.07, 6.45) is 5.56. The first-order chi connectivity index (χ1) is 9.43. The van der Waals surface area contributed by atoms with Crippen LogP contribution in [-0.2, 0) is 6.54 Å². The zero-order valence-electron chi connectivity index (χ0n) is 11.2. The van der Waals surface area contributed by atoms with Gasteiger partial charge >= 0.3 is 0 Å². The van der Waals surface area contributed by atoms with Crippen LogP contribution in [-0.4, -0.2) is 0 Å². The first-order valence-electron chi connectivity index (χ1n) is 7.24. The third kappa shape index (κ3) is 3.26. The van der Waals surface area contributed by atoms with E-state index in [1.54, 1.807) is 0 Å². The van der Waals surface area contributed by atoms with Gasteiger partial charge in [-0.25, -0.2) is 0 Å². The first kappa shape index (κ1) is 12.9. The molecule has 1 nitrogen and oxygen atoms in total. The topological polar surface area (TPSA) is 12.0 Å². The van der Waals surface area contributed by atoms with Gasteiger partial charge in [0.15, 0.2) is 0 Å². The molecule has 2 heteroatoms. The summed E-state index contributed by atoms with van der Waals surface area (Å²) < 4.78 is 0. The number of rotatable bonds is 5. The van der Waals surface area contributed by atoms with Crippen LogP contribution in [0, 0.1) is 5.92 Å². The lowest BCUT2D eigenvalue weighted by atomic mass is 9.96. The quantitative estimate of drug-likeness (QED) is 0.826. The Labute approximate surface area is 119 Å². The number of hydrogen-bond donors (Lipinski definition) is 1. The van der Waals surface area contributed by atoms with E-state index in [0.717, 1.165) is 12.5 Å². The molecule has 1 heterocycles. The Kier molecular flexibility index (Phi) is 4.31. The monoisotopic (exact) mass is 271 g/mol. The molecule has 1 aromatic carbocycles. The van der Waals surface area contributed by atoms with Crippen molar-refractivity contribution in [2.24, 2.45) is 5.92 Å². The molecule has 0 radical (unpaired) electrons. The van der Waals surface area contributed by atoms with Crippen LogP contribution in [0.4, 0.5) is 0 Å². The minimum absolute atomic E-state index is 0.544.